The van der Waals surface area contributed by atoms with Crippen molar-refractivity contribution < 1.29 is 14.3 Å². The Morgan fingerprint density at radius 2 is 1.88 bits per heavy atom. The molecule has 136 valence electrons. The average molecular weight is 354 g/mol. The van der Waals surface area contributed by atoms with Crippen LogP contribution in [0.1, 0.15) is 39.2 Å². The number of nitriles is 2. The first-order valence-corrected chi connectivity index (χ1v) is 8.40. The molecular weight excluding hydrogens is 332 g/mol. The van der Waals surface area contributed by atoms with Crippen LogP contribution >= 0.6 is 0 Å². The van der Waals surface area contributed by atoms with Crippen LogP contribution in [0.3, 0.4) is 0 Å². The fourth-order valence-corrected chi connectivity index (χ4v) is 2.70. The van der Waals surface area contributed by atoms with Crippen LogP contribution in [-0.2, 0) is 9.53 Å². The fourth-order valence-electron chi connectivity index (χ4n) is 2.70. The maximum absolute atomic E-state index is 12.4. The van der Waals surface area contributed by atoms with Crippen molar-refractivity contribution in [2.45, 2.75) is 39.2 Å². The van der Waals surface area contributed by atoms with E-state index >= 15 is 0 Å². The number of ether oxygens (including phenoxy) is 1. The third-order valence-corrected chi connectivity index (χ3v) is 4.15. The van der Waals surface area contributed by atoms with Gasteiger partial charge in [-0.15, -0.1) is 0 Å². The van der Waals surface area contributed by atoms with Crippen molar-refractivity contribution in [1.29, 1.82) is 10.5 Å². The molecule has 1 N–H and O–H groups in total. The molecule has 0 saturated carbocycles. The van der Waals surface area contributed by atoms with Gasteiger partial charge in [-0.25, -0.2) is 4.79 Å². The monoisotopic (exact) mass is 354 g/mol. The van der Waals surface area contributed by atoms with E-state index in [2.05, 4.69) is 11.4 Å². The van der Waals surface area contributed by atoms with Crippen LogP contribution in [0.5, 0.6) is 0 Å². The summed E-state index contributed by atoms with van der Waals surface area (Å²) in [5.74, 6) is -0.533. The van der Waals surface area contributed by atoms with E-state index in [1.54, 1.807) is 49.9 Å². The van der Waals surface area contributed by atoms with E-state index in [-0.39, 0.29) is 32.0 Å². The van der Waals surface area contributed by atoms with Gasteiger partial charge >= 0.3 is 12.0 Å². The maximum atomic E-state index is 12.4. The number of hydrogen-bond donors (Lipinski definition) is 1. The minimum atomic E-state index is -1.22. The smallest absolute Gasteiger partial charge is 0.327 e. The zero-order chi connectivity index (χ0) is 19.4. The van der Waals surface area contributed by atoms with Crippen LogP contribution in [0.2, 0.25) is 0 Å². The summed E-state index contributed by atoms with van der Waals surface area (Å²) >= 11 is 0. The summed E-state index contributed by atoms with van der Waals surface area (Å²) in [5.41, 5.74) is -0.903. The predicted octanol–water partition coefficient (Wildman–Crippen LogP) is 3.04. The van der Waals surface area contributed by atoms with Crippen molar-refractivity contribution >= 4 is 17.7 Å². The molecule has 0 atom stereocenters. The number of carbonyl (C=O) groups is 2. The van der Waals surface area contributed by atoms with E-state index in [4.69, 9.17) is 10.00 Å². The highest BCUT2D eigenvalue weighted by atomic mass is 16.6. The van der Waals surface area contributed by atoms with Crippen LogP contribution in [0.25, 0.3) is 0 Å². The van der Waals surface area contributed by atoms with Gasteiger partial charge in [-0.2, -0.15) is 10.5 Å². The Balaban J connectivity index is 2.00. The highest BCUT2D eigenvalue weighted by Gasteiger charge is 2.45. The number of amides is 2. The Kier molecular flexibility index (Phi) is 5.52. The molecule has 0 spiro atoms. The average Bonchev–Trinajstić information content (AvgIpc) is 2.60. The number of urea groups is 1. The zero-order valence-electron chi connectivity index (χ0n) is 15.2. The molecule has 1 aliphatic heterocycles. The lowest BCUT2D eigenvalue weighted by Gasteiger charge is -2.37. The number of carbonyl (C=O) groups excluding carboxylic acids is 2. The Labute approximate surface area is 153 Å². The van der Waals surface area contributed by atoms with Gasteiger partial charge in [0.2, 0.25) is 0 Å². The first-order chi connectivity index (χ1) is 12.2. The van der Waals surface area contributed by atoms with Crippen molar-refractivity contribution in [2.75, 3.05) is 18.4 Å². The van der Waals surface area contributed by atoms with E-state index in [9.17, 15) is 14.9 Å². The third kappa shape index (κ3) is 4.52. The minimum absolute atomic E-state index is 0.226. The highest BCUT2D eigenvalue weighted by Crippen LogP contribution is 2.34. The maximum Gasteiger partial charge on any atom is 0.327 e. The van der Waals surface area contributed by atoms with Gasteiger partial charge in [-0.1, -0.05) is 6.07 Å². The molecule has 1 heterocycles. The zero-order valence-corrected chi connectivity index (χ0v) is 15.2. The molecule has 2 rings (SSSR count). The quantitative estimate of drug-likeness (QED) is 0.822. The SMILES string of the molecule is CC(C)(C)OC(=O)C1(C#N)CCN(C(=O)Nc2cccc(C#N)c2)CC1. The minimum Gasteiger partial charge on any atom is -0.459 e. The van der Waals surface area contributed by atoms with Gasteiger partial charge in [0.25, 0.3) is 0 Å². The van der Waals surface area contributed by atoms with E-state index in [1.807, 2.05) is 6.07 Å². The van der Waals surface area contributed by atoms with Gasteiger partial charge in [0.15, 0.2) is 5.41 Å². The summed E-state index contributed by atoms with van der Waals surface area (Å²) in [6.45, 7) is 5.82. The summed E-state index contributed by atoms with van der Waals surface area (Å²) in [6.07, 6.45) is 0.453. The number of hydrogen-bond acceptors (Lipinski definition) is 5. The van der Waals surface area contributed by atoms with Crippen molar-refractivity contribution in [1.82, 2.24) is 4.90 Å². The molecule has 1 fully saturated rings. The number of anilines is 1. The molecule has 7 nitrogen and oxygen atoms in total. The van der Waals surface area contributed by atoms with Gasteiger partial charge in [-0.05, 0) is 51.8 Å². The van der Waals surface area contributed by atoms with Crippen LogP contribution in [0, 0.1) is 28.1 Å². The molecule has 0 unspecified atom stereocenters. The van der Waals surface area contributed by atoms with Crippen LogP contribution < -0.4 is 5.32 Å². The topological polar surface area (TPSA) is 106 Å². The molecule has 7 heteroatoms. The van der Waals surface area contributed by atoms with Gasteiger partial charge in [0, 0.05) is 18.8 Å². The second kappa shape index (κ2) is 7.45. The van der Waals surface area contributed by atoms with Crippen molar-refractivity contribution in [3.8, 4) is 12.1 Å². The van der Waals surface area contributed by atoms with Gasteiger partial charge in [0.05, 0.1) is 17.7 Å². The van der Waals surface area contributed by atoms with Crippen LogP contribution in [0.4, 0.5) is 10.5 Å². The lowest BCUT2D eigenvalue weighted by atomic mass is 9.79. The highest BCUT2D eigenvalue weighted by molar-refractivity contribution is 5.90. The molecular formula is C19H22N4O3. The summed E-state index contributed by atoms with van der Waals surface area (Å²) < 4.78 is 5.38. The molecule has 1 aromatic rings. The number of esters is 1. The second-order valence-electron chi connectivity index (χ2n) is 7.31. The van der Waals surface area contributed by atoms with Crippen LogP contribution in [0.15, 0.2) is 24.3 Å². The molecule has 0 aromatic heterocycles. The lowest BCUT2D eigenvalue weighted by molar-refractivity contribution is -0.166. The molecule has 1 saturated heterocycles. The Morgan fingerprint density at radius 3 is 2.42 bits per heavy atom. The summed E-state index contributed by atoms with van der Waals surface area (Å²) in [7, 11) is 0. The largest absolute Gasteiger partial charge is 0.459 e. The molecule has 1 aromatic carbocycles. The van der Waals surface area contributed by atoms with Crippen LogP contribution in [-0.4, -0.2) is 35.6 Å². The van der Waals surface area contributed by atoms with Gasteiger partial charge in [0.1, 0.15) is 5.60 Å². The number of piperidine rings is 1. The summed E-state index contributed by atoms with van der Waals surface area (Å²) in [5, 5.41) is 21.2. The first kappa shape index (κ1) is 19.3. The van der Waals surface area contributed by atoms with Gasteiger partial charge in [-0.3, -0.25) is 4.79 Å². The number of nitrogens with zero attached hydrogens (tertiary/aromatic N) is 3. The summed E-state index contributed by atoms with van der Waals surface area (Å²) in [6, 6.07) is 10.4. The molecule has 0 radical (unpaired) electrons. The molecule has 0 aliphatic carbocycles. The Hall–Kier alpha value is -3.06. The van der Waals surface area contributed by atoms with Crippen molar-refractivity contribution in [2.24, 2.45) is 5.41 Å². The Morgan fingerprint density at radius 1 is 1.23 bits per heavy atom. The predicted molar refractivity (Wildman–Crippen MR) is 94.9 cm³/mol. The molecule has 2 amide bonds. The molecule has 26 heavy (non-hydrogen) atoms. The van der Waals surface area contributed by atoms with E-state index in [0.29, 0.717) is 11.3 Å². The third-order valence-electron chi connectivity index (χ3n) is 4.15. The second-order valence-corrected chi connectivity index (χ2v) is 7.31. The van der Waals surface area contributed by atoms with E-state index in [1.165, 1.54) is 0 Å². The molecule has 0 bridgehead atoms. The lowest BCUT2D eigenvalue weighted by Crippen LogP contribution is -2.48. The van der Waals surface area contributed by atoms with E-state index in [0.717, 1.165) is 0 Å². The Bertz CT molecular complexity index is 775. The number of rotatable bonds is 2. The standard InChI is InChI=1S/C19H22N4O3/c1-18(2,3)26-16(24)19(13-21)7-9-23(10-8-19)17(25)22-15-6-4-5-14(11-15)12-20/h4-6,11H,7-10H2,1-3H3,(H,22,25). The summed E-state index contributed by atoms with van der Waals surface area (Å²) in [4.78, 5) is 26.4. The number of benzene rings is 1. The van der Waals surface area contributed by atoms with Crippen molar-refractivity contribution in [3.63, 3.8) is 0 Å². The van der Waals surface area contributed by atoms with Gasteiger partial charge < -0.3 is 15.0 Å². The molecule has 1 aliphatic rings. The van der Waals surface area contributed by atoms with Crippen molar-refractivity contribution in [3.05, 3.63) is 29.8 Å². The normalized spacial score (nSPS) is 16.1. The first-order valence-electron chi connectivity index (χ1n) is 8.40. The fraction of sp³-hybridized carbons (Fsp3) is 0.474. The number of nitrogens with one attached hydrogen (secondary N) is 1. The number of likely N-dealkylation sites (tertiary alicyclic amines) is 1. The van der Waals surface area contributed by atoms with E-state index < -0.39 is 17.0 Å².